The minimum absolute atomic E-state index is 0.120. The van der Waals surface area contributed by atoms with Gasteiger partial charge in [0, 0.05) is 24.7 Å². The van der Waals surface area contributed by atoms with Gasteiger partial charge in [0.15, 0.2) is 0 Å². The second-order valence-electron chi connectivity index (χ2n) is 5.73. The second-order valence-corrected chi connectivity index (χ2v) is 5.73. The molecule has 2 aliphatic rings. The Balaban J connectivity index is 1.76. The van der Waals surface area contributed by atoms with Crippen molar-refractivity contribution in [2.45, 2.75) is 25.1 Å². The molecule has 1 amide bonds. The number of hydrogen-bond acceptors (Lipinski definition) is 2. The summed E-state index contributed by atoms with van der Waals surface area (Å²) in [6, 6.07) is 5.14. The van der Waals surface area contributed by atoms with Crippen molar-refractivity contribution in [1.29, 1.82) is 0 Å². The number of alkyl halides is 3. The maximum absolute atomic E-state index is 12.7. The van der Waals surface area contributed by atoms with Crippen molar-refractivity contribution < 1.29 is 18.0 Å². The van der Waals surface area contributed by atoms with Gasteiger partial charge in [-0.3, -0.25) is 4.79 Å². The number of fused-ring (bicyclic) bond motifs is 1. The number of hydrogen-bond donors (Lipinski definition) is 1. The molecule has 1 N–H and O–H groups in total. The Morgan fingerprint density at radius 1 is 1.29 bits per heavy atom. The lowest BCUT2D eigenvalue weighted by Crippen LogP contribution is -2.46. The van der Waals surface area contributed by atoms with E-state index in [9.17, 15) is 18.0 Å². The van der Waals surface area contributed by atoms with E-state index in [4.69, 9.17) is 0 Å². The minimum Gasteiger partial charge on any atom is -0.338 e. The average molecular weight is 298 g/mol. The predicted molar refractivity (Wildman–Crippen MR) is 71.9 cm³/mol. The average Bonchev–Trinajstić information content (AvgIpc) is 2.93. The van der Waals surface area contributed by atoms with Gasteiger partial charge >= 0.3 is 6.18 Å². The molecule has 2 aliphatic heterocycles. The van der Waals surface area contributed by atoms with E-state index >= 15 is 0 Å². The van der Waals surface area contributed by atoms with E-state index < -0.39 is 11.7 Å². The summed E-state index contributed by atoms with van der Waals surface area (Å²) in [5.41, 5.74) is -0.653. The smallest absolute Gasteiger partial charge is 0.338 e. The van der Waals surface area contributed by atoms with E-state index in [0.717, 1.165) is 31.5 Å². The van der Waals surface area contributed by atoms with Crippen LogP contribution in [0.5, 0.6) is 0 Å². The molecule has 2 fully saturated rings. The number of nitrogens with one attached hydrogen (secondary N) is 1. The highest BCUT2D eigenvalue weighted by Gasteiger charge is 2.35. The molecular weight excluding hydrogens is 281 g/mol. The van der Waals surface area contributed by atoms with E-state index in [1.165, 1.54) is 12.1 Å². The largest absolute Gasteiger partial charge is 0.416 e. The molecular formula is C15H17F3N2O. The summed E-state index contributed by atoms with van der Waals surface area (Å²) in [5.74, 6) is 0.125. The molecule has 2 unspecified atom stereocenters. The first-order valence-corrected chi connectivity index (χ1v) is 7.15. The summed E-state index contributed by atoms with van der Waals surface area (Å²) in [6.45, 7) is 2.19. The van der Waals surface area contributed by atoms with Gasteiger partial charge in [0.2, 0.25) is 0 Å². The molecule has 0 radical (unpaired) electrons. The lowest BCUT2D eigenvalue weighted by Gasteiger charge is -2.35. The van der Waals surface area contributed by atoms with Gasteiger partial charge in [-0.2, -0.15) is 13.2 Å². The molecule has 0 bridgehead atoms. The normalized spacial score (nSPS) is 25.8. The minimum atomic E-state index is -4.42. The summed E-state index contributed by atoms with van der Waals surface area (Å²) in [7, 11) is 0. The lowest BCUT2D eigenvalue weighted by atomic mass is 9.93. The van der Waals surface area contributed by atoms with Gasteiger partial charge in [0.1, 0.15) is 0 Å². The van der Waals surface area contributed by atoms with E-state index in [-0.39, 0.29) is 11.5 Å². The Kier molecular flexibility index (Phi) is 3.65. The SMILES string of the molecule is O=C(c1cccc(C(F)(F)F)c1)N1CCC2NCCC2C1. The number of piperidine rings is 1. The van der Waals surface area contributed by atoms with Crippen molar-refractivity contribution >= 4 is 5.91 Å². The quantitative estimate of drug-likeness (QED) is 0.864. The van der Waals surface area contributed by atoms with Crippen LogP contribution in [0.3, 0.4) is 0 Å². The van der Waals surface area contributed by atoms with Crippen LogP contribution in [0.15, 0.2) is 24.3 Å². The monoisotopic (exact) mass is 298 g/mol. The zero-order valence-corrected chi connectivity index (χ0v) is 11.5. The standard InChI is InChI=1S/C15H17F3N2O/c16-15(17,18)12-3-1-2-10(8-12)14(21)20-7-5-13-11(9-20)4-6-19-13/h1-3,8,11,13,19H,4-7,9H2. The van der Waals surface area contributed by atoms with Crippen LogP contribution in [0, 0.1) is 5.92 Å². The number of likely N-dealkylation sites (tertiary alicyclic amines) is 1. The maximum atomic E-state index is 12.7. The topological polar surface area (TPSA) is 32.3 Å². The van der Waals surface area contributed by atoms with Crippen molar-refractivity contribution in [2.75, 3.05) is 19.6 Å². The van der Waals surface area contributed by atoms with E-state index in [1.807, 2.05) is 0 Å². The molecule has 2 heterocycles. The van der Waals surface area contributed by atoms with Crippen molar-refractivity contribution in [1.82, 2.24) is 10.2 Å². The molecule has 3 nitrogen and oxygen atoms in total. The summed E-state index contributed by atoms with van der Waals surface area (Å²) in [6.07, 6.45) is -2.52. The Morgan fingerprint density at radius 2 is 2.10 bits per heavy atom. The van der Waals surface area contributed by atoms with Crippen LogP contribution in [0.25, 0.3) is 0 Å². The number of benzene rings is 1. The molecule has 1 aromatic carbocycles. The van der Waals surface area contributed by atoms with Gasteiger partial charge in [-0.15, -0.1) is 0 Å². The van der Waals surface area contributed by atoms with Crippen LogP contribution < -0.4 is 5.32 Å². The molecule has 2 atom stereocenters. The first-order chi connectivity index (χ1) is 9.95. The van der Waals surface area contributed by atoms with Crippen molar-refractivity contribution in [3.05, 3.63) is 35.4 Å². The number of amides is 1. The third kappa shape index (κ3) is 2.90. The maximum Gasteiger partial charge on any atom is 0.416 e. The Hall–Kier alpha value is -1.56. The van der Waals surface area contributed by atoms with Gasteiger partial charge in [-0.25, -0.2) is 0 Å². The van der Waals surface area contributed by atoms with Crippen LogP contribution in [-0.2, 0) is 6.18 Å². The Labute approximate surface area is 121 Å². The number of rotatable bonds is 1. The number of halogens is 3. The number of carbonyl (C=O) groups is 1. The molecule has 6 heteroatoms. The molecule has 0 saturated carbocycles. The molecule has 0 aromatic heterocycles. The summed E-state index contributed by atoms with van der Waals surface area (Å²) in [4.78, 5) is 14.1. The Morgan fingerprint density at radius 3 is 2.86 bits per heavy atom. The van der Waals surface area contributed by atoms with Crippen LogP contribution in [-0.4, -0.2) is 36.5 Å². The summed E-state index contributed by atoms with van der Waals surface area (Å²) < 4.78 is 38.1. The highest BCUT2D eigenvalue weighted by Crippen LogP contribution is 2.30. The van der Waals surface area contributed by atoms with E-state index in [2.05, 4.69) is 5.32 Å². The first kappa shape index (κ1) is 14.4. The molecule has 2 saturated heterocycles. The fourth-order valence-electron chi connectivity index (χ4n) is 3.24. The highest BCUT2D eigenvalue weighted by molar-refractivity contribution is 5.94. The zero-order chi connectivity index (χ0) is 15.0. The molecule has 21 heavy (non-hydrogen) atoms. The lowest BCUT2D eigenvalue weighted by molar-refractivity contribution is -0.137. The third-order valence-corrected chi connectivity index (χ3v) is 4.38. The van der Waals surface area contributed by atoms with Crippen molar-refractivity contribution in [2.24, 2.45) is 5.92 Å². The number of carbonyl (C=O) groups excluding carboxylic acids is 1. The Bertz CT molecular complexity index is 544. The van der Waals surface area contributed by atoms with Crippen LogP contribution in [0.4, 0.5) is 13.2 Å². The fraction of sp³-hybridized carbons (Fsp3) is 0.533. The number of nitrogens with zero attached hydrogens (tertiary/aromatic N) is 1. The molecule has 114 valence electrons. The second kappa shape index (κ2) is 5.33. The van der Waals surface area contributed by atoms with Gasteiger partial charge in [0.25, 0.3) is 5.91 Å². The predicted octanol–water partition coefficient (Wildman–Crippen LogP) is 2.53. The van der Waals surface area contributed by atoms with Gasteiger partial charge in [-0.05, 0) is 43.5 Å². The van der Waals surface area contributed by atoms with Crippen LogP contribution in [0.1, 0.15) is 28.8 Å². The van der Waals surface area contributed by atoms with Gasteiger partial charge in [0.05, 0.1) is 5.56 Å². The zero-order valence-electron chi connectivity index (χ0n) is 11.5. The summed E-state index contributed by atoms with van der Waals surface area (Å²) >= 11 is 0. The van der Waals surface area contributed by atoms with Crippen LogP contribution in [0.2, 0.25) is 0 Å². The van der Waals surface area contributed by atoms with E-state index in [1.54, 1.807) is 4.90 Å². The van der Waals surface area contributed by atoms with Gasteiger partial charge in [-0.1, -0.05) is 6.07 Å². The third-order valence-electron chi connectivity index (χ3n) is 4.38. The highest BCUT2D eigenvalue weighted by atomic mass is 19.4. The first-order valence-electron chi connectivity index (χ1n) is 7.15. The van der Waals surface area contributed by atoms with Gasteiger partial charge < -0.3 is 10.2 Å². The fourth-order valence-corrected chi connectivity index (χ4v) is 3.24. The van der Waals surface area contributed by atoms with E-state index in [0.29, 0.717) is 25.0 Å². The molecule has 1 aromatic rings. The van der Waals surface area contributed by atoms with Crippen LogP contribution >= 0.6 is 0 Å². The molecule has 0 aliphatic carbocycles. The molecule has 0 spiro atoms. The molecule has 3 rings (SSSR count). The van der Waals surface area contributed by atoms with Crippen molar-refractivity contribution in [3.63, 3.8) is 0 Å². The van der Waals surface area contributed by atoms with Crippen molar-refractivity contribution in [3.8, 4) is 0 Å². The summed E-state index contributed by atoms with van der Waals surface area (Å²) in [5, 5.41) is 3.40.